The number of nitrogens with one attached hydrogen (secondary N) is 1. The second-order valence-electron chi connectivity index (χ2n) is 17.6. The molecule has 2 aromatic carbocycles. The maximum Gasteiger partial charge on any atom is 0.344 e. The van der Waals surface area contributed by atoms with Gasteiger partial charge < -0.3 is 53.5 Å². The van der Waals surface area contributed by atoms with E-state index >= 15 is 4.79 Å². The Bertz CT molecular complexity index is 2360. The molecule has 346 valence electrons. The fourth-order valence-corrected chi connectivity index (χ4v) is 10.2. The smallest absolute Gasteiger partial charge is 0.344 e. The molecule has 0 spiro atoms. The average Bonchev–Trinajstić information content (AvgIpc) is 3.81. The van der Waals surface area contributed by atoms with Crippen LogP contribution in [0.25, 0.3) is 0 Å². The number of benzene rings is 2. The van der Waals surface area contributed by atoms with Crippen molar-refractivity contribution in [2.24, 2.45) is 16.7 Å². The van der Waals surface area contributed by atoms with Crippen LogP contribution in [-0.4, -0.2) is 112 Å². The third-order valence-corrected chi connectivity index (χ3v) is 13.5. The van der Waals surface area contributed by atoms with Crippen LogP contribution in [0.2, 0.25) is 0 Å². The number of aliphatic hydroxyl groups is 3. The molecule has 4 aliphatic rings. The number of hydrogen-bond donors (Lipinski definition) is 4. The first-order valence-corrected chi connectivity index (χ1v) is 21.3. The summed E-state index contributed by atoms with van der Waals surface area (Å²) in [6.07, 6.45) is -7.06. The van der Waals surface area contributed by atoms with E-state index < -0.39 is 119 Å². The van der Waals surface area contributed by atoms with Gasteiger partial charge in [-0.15, -0.1) is 0 Å². The van der Waals surface area contributed by atoms with Crippen molar-refractivity contribution < 1.29 is 76.9 Å². The molecule has 2 bridgehead atoms. The Balaban J connectivity index is 1.37. The number of para-hydroxylation sites is 1. The summed E-state index contributed by atoms with van der Waals surface area (Å²) in [5, 5.41) is 40.3. The van der Waals surface area contributed by atoms with Crippen LogP contribution in [-0.2, 0) is 47.7 Å². The third-order valence-electron chi connectivity index (χ3n) is 13.5. The van der Waals surface area contributed by atoms with Crippen molar-refractivity contribution in [3.05, 3.63) is 114 Å². The Morgan fingerprint density at radius 1 is 0.954 bits per heavy atom. The average molecular weight is 900 g/mol. The first-order valence-electron chi connectivity index (χ1n) is 21.3. The topological polar surface area (TPSA) is 244 Å². The van der Waals surface area contributed by atoms with E-state index in [4.69, 9.17) is 32.8 Å². The molecule has 2 heterocycles. The monoisotopic (exact) mass is 899 g/mol. The lowest BCUT2D eigenvalue weighted by molar-refractivity contribution is -0.346. The van der Waals surface area contributed by atoms with Gasteiger partial charge in [-0.2, -0.15) is 0 Å². The predicted octanol–water partition coefficient (Wildman–Crippen LogP) is 3.65. The Morgan fingerprint density at radius 2 is 1.63 bits per heavy atom. The second kappa shape index (κ2) is 18.0. The normalized spacial score (nSPS) is 31.1. The van der Waals surface area contributed by atoms with E-state index in [0.717, 1.165) is 6.92 Å². The number of Topliss-reactive ketones (excluding diaryl/α,β-unsaturated/α-hetero) is 1. The lowest BCUT2D eigenvalue weighted by Gasteiger charge is -2.67. The van der Waals surface area contributed by atoms with E-state index in [0.29, 0.717) is 5.75 Å². The highest BCUT2D eigenvalue weighted by Gasteiger charge is 2.78. The fraction of sp³-hybridized carbons (Fsp3) is 0.458. The molecular formula is C48H53NO16. The predicted molar refractivity (Wildman–Crippen MR) is 225 cm³/mol. The van der Waals surface area contributed by atoms with Crippen LogP contribution in [0, 0.1) is 16.7 Å². The van der Waals surface area contributed by atoms with Crippen molar-refractivity contribution in [1.82, 2.24) is 5.32 Å². The molecule has 11 atom stereocenters. The quantitative estimate of drug-likeness (QED) is 0.0828. The number of furan rings is 1. The van der Waals surface area contributed by atoms with Gasteiger partial charge in [-0.05, 0) is 74.4 Å². The number of ketones is 1. The highest BCUT2D eigenvalue weighted by Crippen LogP contribution is 2.64. The van der Waals surface area contributed by atoms with Crippen LogP contribution in [0.4, 0.5) is 0 Å². The zero-order valence-electron chi connectivity index (χ0n) is 36.8. The Kier molecular flexibility index (Phi) is 13.0. The minimum Gasteiger partial charge on any atom is -0.482 e. The van der Waals surface area contributed by atoms with E-state index in [1.807, 2.05) is 0 Å². The number of hydrogen-bond acceptors (Lipinski definition) is 16. The lowest BCUT2D eigenvalue weighted by atomic mass is 9.44. The van der Waals surface area contributed by atoms with Crippen LogP contribution in [0.3, 0.4) is 0 Å². The summed E-state index contributed by atoms with van der Waals surface area (Å²) in [7, 11) is 0. The third kappa shape index (κ3) is 8.26. The molecule has 1 aromatic heterocycles. The highest BCUT2D eigenvalue weighted by atomic mass is 16.6. The standard InChI is InChI=1S/C48H53NO16/c1-7-15-34(51)49-37(30-20-14-21-59-30)39(54)44(57)62-31-23-48(58)42(64-43(56)28-16-10-8-11-17-28)40-46(6,41(55)38(53)36(26(31)2)45(48,4)5)32(22-33-47(40,25-61-33)65-27(3)50)63-35(52)24-60-29-18-12-9-13-19-29/h7-21,31-33,37-40,42,53-54,58H,22-25H2,1-6H3,(H,49,51)/b15-7-/t31-,32-,33+,37-,38+,39+,40?,42-,46+,47-,48+/m0/s1. The first-order chi connectivity index (χ1) is 30.8. The highest BCUT2D eigenvalue weighted by molar-refractivity contribution is 5.94. The van der Waals surface area contributed by atoms with Gasteiger partial charge in [0.2, 0.25) is 5.91 Å². The van der Waals surface area contributed by atoms with Gasteiger partial charge in [0.05, 0.1) is 29.8 Å². The van der Waals surface area contributed by atoms with E-state index in [1.165, 1.54) is 70.4 Å². The molecule has 2 saturated carbocycles. The van der Waals surface area contributed by atoms with Crippen LogP contribution in [0.5, 0.6) is 5.75 Å². The van der Waals surface area contributed by atoms with Crippen molar-refractivity contribution in [3.63, 3.8) is 0 Å². The largest absolute Gasteiger partial charge is 0.482 e. The maximum atomic E-state index is 15.6. The summed E-state index contributed by atoms with van der Waals surface area (Å²) in [6.45, 7) is 7.73. The van der Waals surface area contributed by atoms with E-state index in [2.05, 4.69) is 5.32 Å². The van der Waals surface area contributed by atoms with Crippen molar-refractivity contribution in [2.75, 3.05) is 13.2 Å². The molecule has 1 unspecified atom stereocenters. The van der Waals surface area contributed by atoms with Crippen molar-refractivity contribution in [2.45, 2.75) is 108 Å². The molecule has 1 saturated heterocycles. The first kappa shape index (κ1) is 46.8. The van der Waals surface area contributed by atoms with E-state index in [-0.39, 0.29) is 35.5 Å². The molecule has 17 heteroatoms. The number of esters is 4. The zero-order chi connectivity index (χ0) is 47.1. The number of aliphatic hydroxyl groups excluding tert-OH is 2. The summed E-state index contributed by atoms with van der Waals surface area (Å²) in [4.78, 5) is 83.6. The summed E-state index contributed by atoms with van der Waals surface area (Å²) in [5.41, 5.74) is -8.05. The number of allylic oxidation sites excluding steroid dienone is 1. The van der Waals surface area contributed by atoms with E-state index in [9.17, 15) is 39.3 Å². The number of carbonyl (C=O) groups excluding carboxylic acids is 6. The van der Waals surface area contributed by atoms with Crippen molar-refractivity contribution in [3.8, 4) is 5.75 Å². The summed E-state index contributed by atoms with van der Waals surface area (Å²) >= 11 is 0. The molecule has 3 fully saturated rings. The van der Waals surface area contributed by atoms with Gasteiger partial charge in [0.25, 0.3) is 0 Å². The van der Waals surface area contributed by atoms with Gasteiger partial charge in [0.15, 0.2) is 24.1 Å². The van der Waals surface area contributed by atoms with Gasteiger partial charge in [-0.25, -0.2) is 14.4 Å². The number of ether oxygens (including phenoxy) is 6. The summed E-state index contributed by atoms with van der Waals surface area (Å²) < 4.78 is 41.7. The molecular weight excluding hydrogens is 847 g/mol. The lowest BCUT2D eigenvalue weighted by Crippen LogP contribution is -2.82. The SMILES string of the molecule is C/C=C\C(=O)N[C@@H](c1ccco1)[C@@H](O)C(=O)O[C@H]1C[C@@]2(O)[C@@H](OC(=O)c3ccccc3)C3[C@](C)(C(=O)[C@H](O)C(=C1C)C2(C)C)[C@@H](OC(=O)COc1ccccc1)C[C@H]1OC[C@@]31OC(C)=O. The number of fused-ring (bicyclic) bond motifs is 5. The van der Waals surface area contributed by atoms with Gasteiger partial charge in [-0.3, -0.25) is 14.4 Å². The van der Waals surface area contributed by atoms with Crippen LogP contribution in [0.1, 0.15) is 76.5 Å². The zero-order valence-corrected chi connectivity index (χ0v) is 36.8. The van der Waals surface area contributed by atoms with Gasteiger partial charge >= 0.3 is 23.9 Å². The molecule has 4 N–H and O–H groups in total. The molecule has 65 heavy (non-hydrogen) atoms. The van der Waals surface area contributed by atoms with Crippen LogP contribution < -0.4 is 10.1 Å². The number of amides is 1. The summed E-state index contributed by atoms with van der Waals surface area (Å²) in [5.74, 6) is -6.84. The van der Waals surface area contributed by atoms with Gasteiger partial charge in [-0.1, -0.05) is 56.3 Å². The van der Waals surface area contributed by atoms with Gasteiger partial charge in [0, 0.05) is 25.2 Å². The Labute approximate surface area is 374 Å². The molecule has 1 amide bonds. The molecule has 7 rings (SSSR count). The molecule has 3 aromatic rings. The number of carbonyl (C=O) groups is 6. The fourth-order valence-electron chi connectivity index (χ4n) is 10.2. The van der Waals surface area contributed by atoms with Gasteiger partial charge in [0.1, 0.15) is 53.7 Å². The van der Waals surface area contributed by atoms with E-state index in [1.54, 1.807) is 55.5 Å². The molecule has 0 radical (unpaired) electrons. The summed E-state index contributed by atoms with van der Waals surface area (Å²) in [6, 6.07) is 17.7. The second-order valence-corrected chi connectivity index (χ2v) is 17.6. The Hall–Kier alpha value is -6.14. The molecule has 1 aliphatic heterocycles. The van der Waals surface area contributed by atoms with Crippen LogP contribution >= 0.6 is 0 Å². The maximum absolute atomic E-state index is 15.6. The van der Waals surface area contributed by atoms with Crippen molar-refractivity contribution >= 4 is 35.6 Å². The minimum absolute atomic E-state index is 0.0105. The minimum atomic E-state index is -2.44. The molecule has 3 aliphatic carbocycles. The van der Waals surface area contributed by atoms with Crippen molar-refractivity contribution in [1.29, 1.82) is 0 Å². The molecule has 17 nitrogen and oxygen atoms in total. The van der Waals surface area contributed by atoms with Crippen LogP contribution in [0.15, 0.2) is 107 Å². The number of rotatable bonds is 13. The Morgan fingerprint density at radius 3 is 2.23 bits per heavy atom.